The molecule has 5 nitrogen and oxygen atoms in total. The van der Waals surface area contributed by atoms with E-state index in [1.165, 1.54) is 22.5 Å². The number of aromatic nitrogens is 3. The molecule has 0 radical (unpaired) electrons. The number of thiazole rings is 1. The Morgan fingerprint density at radius 3 is 2.28 bits per heavy atom. The lowest BCUT2D eigenvalue weighted by atomic mass is 9.88. The van der Waals surface area contributed by atoms with Gasteiger partial charge in [-0.05, 0) is 17.5 Å². The molecule has 0 fully saturated rings. The minimum Gasteiger partial charge on any atom is -0.351 e. The van der Waals surface area contributed by atoms with E-state index in [9.17, 15) is 4.79 Å². The van der Waals surface area contributed by atoms with E-state index in [0.29, 0.717) is 22.9 Å². The van der Waals surface area contributed by atoms with Gasteiger partial charge in [0.25, 0.3) is 5.91 Å². The smallest absolute Gasteiger partial charge is 0.270 e. The van der Waals surface area contributed by atoms with Crippen molar-refractivity contribution in [2.75, 3.05) is 6.54 Å². The number of nitrogens with one attached hydrogen (secondary N) is 1. The van der Waals surface area contributed by atoms with Crippen molar-refractivity contribution in [2.45, 2.75) is 12.3 Å². The average Bonchev–Trinajstić information content (AvgIpc) is 3.29. The Bertz CT molecular complexity index is 1010. The molecule has 0 aliphatic carbocycles. The molecular weight excluding hydrogens is 380 g/mol. The third kappa shape index (κ3) is 4.73. The van der Waals surface area contributed by atoms with E-state index in [-0.39, 0.29) is 11.8 Å². The fraction of sp³-hybridized carbons (Fsp3) is 0.130. The number of carbonyl (C=O) groups is 1. The first-order valence-electron chi connectivity index (χ1n) is 9.41. The second kappa shape index (κ2) is 9.21. The van der Waals surface area contributed by atoms with E-state index >= 15 is 0 Å². The first kappa shape index (κ1) is 19.0. The van der Waals surface area contributed by atoms with Gasteiger partial charge >= 0.3 is 0 Å². The quantitative estimate of drug-likeness (QED) is 0.494. The molecule has 0 saturated heterocycles. The summed E-state index contributed by atoms with van der Waals surface area (Å²) in [6.07, 6.45) is 5.68. The van der Waals surface area contributed by atoms with Crippen LogP contribution in [0.2, 0.25) is 0 Å². The minimum absolute atomic E-state index is 0.170. The van der Waals surface area contributed by atoms with Crippen molar-refractivity contribution in [3.8, 4) is 10.7 Å². The second-order valence-electron chi connectivity index (χ2n) is 6.55. The molecule has 0 spiro atoms. The predicted octanol–water partition coefficient (Wildman–Crippen LogP) is 4.55. The molecule has 0 bridgehead atoms. The molecule has 2 aromatic carbocycles. The first-order valence-corrected chi connectivity index (χ1v) is 10.3. The molecule has 0 unspecified atom stereocenters. The molecule has 2 heterocycles. The molecule has 4 aromatic rings. The van der Waals surface area contributed by atoms with E-state index in [4.69, 9.17) is 0 Å². The van der Waals surface area contributed by atoms with Gasteiger partial charge in [-0.15, -0.1) is 11.3 Å². The van der Waals surface area contributed by atoms with E-state index in [1.807, 2.05) is 36.4 Å². The molecule has 144 valence electrons. The molecule has 4 rings (SSSR count). The molecule has 2 aromatic heterocycles. The summed E-state index contributed by atoms with van der Waals surface area (Å²) in [6.45, 7) is 0.561. The normalized spacial score (nSPS) is 10.8. The van der Waals surface area contributed by atoms with Crippen LogP contribution in [0.25, 0.3) is 10.7 Å². The first-order chi connectivity index (χ1) is 14.3. The summed E-state index contributed by atoms with van der Waals surface area (Å²) in [5, 5.41) is 5.45. The highest BCUT2D eigenvalue weighted by Gasteiger charge is 2.16. The summed E-state index contributed by atoms with van der Waals surface area (Å²) in [4.78, 5) is 25.2. The highest BCUT2D eigenvalue weighted by Crippen LogP contribution is 2.27. The van der Waals surface area contributed by atoms with Crippen molar-refractivity contribution in [3.05, 3.63) is 101 Å². The molecule has 29 heavy (non-hydrogen) atoms. The summed E-state index contributed by atoms with van der Waals surface area (Å²) < 4.78 is 0. The number of rotatable bonds is 7. The van der Waals surface area contributed by atoms with Gasteiger partial charge in [0, 0.05) is 30.2 Å². The highest BCUT2D eigenvalue weighted by atomic mass is 32.1. The molecular formula is C23H20N4OS. The van der Waals surface area contributed by atoms with Crippen LogP contribution in [0.1, 0.15) is 34.0 Å². The third-order valence-corrected chi connectivity index (χ3v) is 5.51. The second-order valence-corrected chi connectivity index (χ2v) is 7.41. The molecule has 1 amide bonds. The average molecular weight is 401 g/mol. The third-order valence-electron chi connectivity index (χ3n) is 4.64. The van der Waals surface area contributed by atoms with Gasteiger partial charge in [-0.25, -0.2) is 4.98 Å². The number of benzene rings is 2. The lowest BCUT2D eigenvalue weighted by molar-refractivity contribution is 0.0948. The van der Waals surface area contributed by atoms with Crippen molar-refractivity contribution < 1.29 is 4.79 Å². The van der Waals surface area contributed by atoms with Crippen molar-refractivity contribution in [2.24, 2.45) is 0 Å². The summed E-state index contributed by atoms with van der Waals surface area (Å²) in [6, 6.07) is 20.8. The van der Waals surface area contributed by atoms with E-state index in [0.717, 1.165) is 6.42 Å². The molecule has 6 heteroatoms. The highest BCUT2D eigenvalue weighted by molar-refractivity contribution is 7.13. The Morgan fingerprint density at radius 2 is 1.66 bits per heavy atom. The zero-order chi connectivity index (χ0) is 19.9. The van der Waals surface area contributed by atoms with Gasteiger partial charge in [0.2, 0.25) is 0 Å². The van der Waals surface area contributed by atoms with E-state index < -0.39 is 0 Å². The summed E-state index contributed by atoms with van der Waals surface area (Å²) in [5.41, 5.74) is 3.56. The maximum Gasteiger partial charge on any atom is 0.270 e. The Labute approximate surface area is 173 Å². The fourth-order valence-corrected chi connectivity index (χ4v) is 3.98. The van der Waals surface area contributed by atoms with Gasteiger partial charge in [0.15, 0.2) is 0 Å². The molecule has 0 aliphatic rings. The summed E-state index contributed by atoms with van der Waals surface area (Å²) in [7, 11) is 0. The van der Waals surface area contributed by atoms with Gasteiger partial charge in [-0.2, -0.15) is 0 Å². The molecule has 0 atom stereocenters. The SMILES string of the molecule is O=C(NCCC(c1ccccc1)c1ccccc1)c1csc(-c2cnccn2)n1. The number of hydrogen-bond donors (Lipinski definition) is 1. The number of nitrogens with zero attached hydrogens (tertiary/aromatic N) is 3. The standard InChI is InChI=1S/C23H20N4OS/c28-22(21-16-29-23(27-21)20-15-24-13-14-25-20)26-12-11-19(17-7-3-1-4-8-17)18-9-5-2-6-10-18/h1-10,13-16,19H,11-12H2,(H,26,28). The Hall–Kier alpha value is -3.38. The van der Waals surface area contributed by atoms with Crippen LogP contribution >= 0.6 is 11.3 Å². The van der Waals surface area contributed by atoms with Gasteiger partial charge in [-0.1, -0.05) is 60.7 Å². The van der Waals surface area contributed by atoms with Crippen LogP contribution in [-0.4, -0.2) is 27.4 Å². The van der Waals surface area contributed by atoms with Gasteiger partial charge in [-0.3, -0.25) is 14.8 Å². The van der Waals surface area contributed by atoms with Gasteiger partial charge in [0.1, 0.15) is 16.4 Å². The number of hydrogen-bond acceptors (Lipinski definition) is 5. The van der Waals surface area contributed by atoms with Crippen LogP contribution in [0.3, 0.4) is 0 Å². The van der Waals surface area contributed by atoms with Crippen LogP contribution < -0.4 is 5.32 Å². The lowest BCUT2D eigenvalue weighted by Gasteiger charge is -2.18. The van der Waals surface area contributed by atoms with Crippen molar-refractivity contribution in [1.29, 1.82) is 0 Å². The minimum atomic E-state index is -0.170. The van der Waals surface area contributed by atoms with Crippen molar-refractivity contribution in [1.82, 2.24) is 20.3 Å². The van der Waals surface area contributed by atoms with Crippen molar-refractivity contribution >= 4 is 17.2 Å². The molecule has 1 N–H and O–H groups in total. The maximum absolute atomic E-state index is 12.5. The summed E-state index contributed by atoms with van der Waals surface area (Å²) in [5.74, 6) is 0.0551. The number of carbonyl (C=O) groups excluding carboxylic acids is 1. The Morgan fingerprint density at radius 1 is 0.966 bits per heavy atom. The fourth-order valence-electron chi connectivity index (χ4n) is 3.22. The Balaban J connectivity index is 1.41. The van der Waals surface area contributed by atoms with Crippen LogP contribution in [-0.2, 0) is 0 Å². The van der Waals surface area contributed by atoms with Gasteiger partial charge in [0.05, 0.1) is 6.20 Å². The van der Waals surface area contributed by atoms with Crippen LogP contribution in [0, 0.1) is 0 Å². The van der Waals surface area contributed by atoms with E-state index in [1.54, 1.807) is 24.0 Å². The topological polar surface area (TPSA) is 67.8 Å². The summed E-state index contributed by atoms with van der Waals surface area (Å²) >= 11 is 1.39. The maximum atomic E-state index is 12.5. The largest absolute Gasteiger partial charge is 0.351 e. The molecule has 0 saturated carbocycles. The predicted molar refractivity (Wildman–Crippen MR) is 115 cm³/mol. The molecule has 0 aliphatic heterocycles. The Kier molecular flexibility index (Phi) is 6.02. The monoisotopic (exact) mass is 400 g/mol. The van der Waals surface area contributed by atoms with Crippen LogP contribution in [0.15, 0.2) is 84.6 Å². The van der Waals surface area contributed by atoms with Gasteiger partial charge < -0.3 is 5.32 Å². The van der Waals surface area contributed by atoms with Crippen molar-refractivity contribution in [3.63, 3.8) is 0 Å². The van der Waals surface area contributed by atoms with Crippen LogP contribution in [0.4, 0.5) is 0 Å². The number of amides is 1. The zero-order valence-electron chi connectivity index (χ0n) is 15.7. The van der Waals surface area contributed by atoms with E-state index in [2.05, 4.69) is 44.5 Å². The van der Waals surface area contributed by atoms with Crippen LogP contribution in [0.5, 0.6) is 0 Å². The lowest BCUT2D eigenvalue weighted by Crippen LogP contribution is -2.26. The zero-order valence-corrected chi connectivity index (χ0v) is 16.5.